The molecule has 0 aliphatic carbocycles. The molecule has 2 aromatic heterocycles. The minimum atomic E-state index is 0.509. The fourth-order valence-electron chi connectivity index (χ4n) is 1.62. The highest BCUT2D eigenvalue weighted by Crippen LogP contribution is 2.28. The van der Waals surface area contributed by atoms with E-state index in [0.29, 0.717) is 10.0 Å². The van der Waals surface area contributed by atoms with E-state index in [4.69, 9.17) is 23.2 Å². The van der Waals surface area contributed by atoms with Crippen LogP contribution in [0.25, 0.3) is 10.6 Å². The van der Waals surface area contributed by atoms with Crippen LogP contribution < -0.4 is 5.43 Å². The van der Waals surface area contributed by atoms with Crippen LogP contribution in [0.3, 0.4) is 0 Å². The number of nitrogens with one attached hydrogen (secondary N) is 1. The van der Waals surface area contributed by atoms with Crippen molar-refractivity contribution in [1.82, 2.24) is 4.98 Å². The molecule has 0 unspecified atom stereocenters. The van der Waals surface area contributed by atoms with Gasteiger partial charge in [0.25, 0.3) is 0 Å². The summed E-state index contributed by atoms with van der Waals surface area (Å²) in [5.74, 6) is 0. The number of halogens is 2. The number of anilines is 1. The molecule has 3 aromatic rings. The lowest BCUT2D eigenvalue weighted by molar-refractivity contribution is 1.29. The predicted molar refractivity (Wildman–Crippen MR) is 93.1 cm³/mol. The molecule has 0 aliphatic rings. The van der Waals surface area contributed by atoms with E-state index in [2.05, 4.69) is 15.5 Å². The molecule has 0 amide bonds. The van der Waals surface area contributed by atoms with E-state index in [1.807, 2.05) is 29.0 Å². The molecule has 0 saturated carbocycles. The maximum atomic E-state index is 5.95. The topological polar surface area (TPSA) is 37.3 Å². The van der Waals surface area contributed by atoms with Crippen molar-refractivity contribution in [2.24, 2.45) is 5.10 Å². The maximum Gasteiger partial charge on any atom is 0.203 e. The van der Waals surface area contributed by atoms with Crippen molar-refractivity contribution < 1.29 is 0 Å². The van der Waals surface area contributed by atoms with Gasteiger partial charge in [-0.3, -0.25) is 5.43 Å². The van der Waals surface area contributed by atoms with Crippen molar-refractivity contribution >= 4 is 57.2 Å². The molecule has 0 radical (unpaired) electrons. The summed E-state index contributed by atoms with van der Waals surface area (Å²) >= 11 is 15.0. The van der Waals surface area contributed by atoms with Crippen molar-refractivity contribution in [3.8, 4) is 10.6 Å². The SMILES string of the molecule is Clc1ccc(/C=N\Nc2nc(-c3cccs3)cs2)cc1Cl. The molecular weight excluding hydrogens is 345 g/mol. The maximum absolute atomic E-state index is 5.95. The molecule has 0 spiro atoms. The van der Waals surface area contributed by atoms with Crippen LogP contribution in [0.5, 0.6) is 0 Å². The Morgan fingerprint density at radius 1 is 1.14 bits per heavy atom. The Kier molecular flexibility index (Phi) is 4.55. The second kappa shape index (κ2) is 6.58. The van der Waals surface area contributed by atoms with Gasteiger partial charge < -0.3 is 0 Å². The van der Waals surface area contributed by atoms with Crippen LogP contribution in [0.4, 0.5) is 5.13 Å². The first-order chi connectivity index (χ1) is 10.2. The van der Waals surface area contributed by atoms with Crippen molar-refractivity contribution in [2.75, 3.05) is 5.43 Å². The van der Waals surface area contributed by atoms with Gasteiger partial charge in [0.15, 0.2) is 0 Å². The van der Waals surface area contributed by atoms with Gasteiger partial charge in [-0.1, -0.05) is 35.3 Å². The summed E-state index contributed by atoms with van der Waals surface area (Å²) < 4.78 is 0. The third-order valence-corrected chi connectivity index (χ3v) is 4.97. The lowest BCUT2D eigenvalue weighted by atomic mass is 10.2. The van der Waals surface area contributed by atoms with Gasteiger partial charge in [-0.2, -0.15) is 5.10 Å². The predicted octanol–water partition coefficient (Wildman–Crippen LogP) is 5.62. The first-order valence-corrected chi connectivity index (χ1v) is 8.47. The zero-order valence-corrected chi connectivity index (χ0v) is 13.7. The Hall–Kier alpha value is -1.40. The van der Waals surface area contributed by atoms with Gasteiger partial charge >= 0.3 is 0 Å². The number of benzene rings is 1. The van der Waals surface area contributed by atoms with Crippen LogP contribution in [0.2, 0.25) is 10.0 Å². The Labute approximate surface area is 139 Å². The Morgan fingerprint density at radius 3 is 2.81 bits per heavy atom. The molecule has 0 saturated heterocycles. The summed E-state index contributed by atoms with van der Waals surface area (Å²) in [6.45, 7) is 0. The van der Waals surface area contributed by atoms with E-state index in [0.717, 1.165) is 21.3 Å². The van der Waals surface area contributed by atoms with Gasteiger partial charge in [0.2, 0.25) is 5.13 Å². The molecule has 0 fully saturated rings. The van der Waals surface area contributed by atoms with Crippen molar-refractivity contribution in [2.45, 2.75) is 0 Å². The molecule has 3 rings (SSSR count). The average molecular weight is 354 g/mol. The Balaban J connectivity index is 1.67. The lowest BCUT2D eigenvalue weighted by Gasteiger charge is -1.97. The molecule has 1 N–H and O–H groups in total. The van der Waals surface area contributed by atoms with E-state index < -0.39 is 0 Å². The molecule has 0 atom stereocenters. The Bertz CT molecular complexity index is 766. The number of nitrogens with zero attached hydrogens (tertiary/aromatic N) is 2. The quantitative estimate of drug-likeness (QED) is 0.487. The normalized spacial score (nSPS) is 11.1. The van der Waals surface area contributed by atoms with Gasteiger partial charge in [0.05, 0.1) is 26.8 Å². The largest absolute Gasteiger partial charge is 0.253 e. The summed E-state index contributed by atoms with van der Waals surface area (Å²) in [4.78, 5) is 5.62. The minimum absolute atomic E-state index is 0.509. The van der Waals surface area contributed by atoms with Crippen LogP contribution in [-0.2, 0) is 0 Å². The molecule has 106 valence electrons. The highest BCUT2D eigenvalue weighted by molar-refractivity contribution is 7.15. The fraction of sp³-hybridized carbons (Fsp3) is 0. The van der Waals surface area contributed by atoms with Crippen molar-refractivity contribution in [1.29, 1.82) is 0 Å². The van der Waals surface area contributed by atoms with Crippen molar-refractivity contribution in [3.05, 3.63) is 56.7 Å². The molecule has 21 heavy (non-hydrogen) atoms. The zero-order chi connectivity index (χ0) is 14.7. The monoisotopic (exact) mass is 353 g/mol. The minimum Gasteiger partial charge on any atom is -0.253 e. The molecule has 3 nitrogen and oxygen atoms in total. The number of thiophene rings is 1. The second-order valence-electron chi connectivity index (χ2n) is 4.06. The van der Waals surface area contributed by atoms with Crippen LogP contribution >= 0.6 is 45.9 Å². The van der Waals surface area contributed by atoms with Crippen LogP contribution in [0, 0.1) is 0 Å². The number of hydrogen-bond acceptors (Lipinski definition) is 5. The standard InChI is InChI=1S/C14H9Cl2N3S2/c15-10-4-3-9(6-11(10)16)7-17-19-14-18-12(8-21-14)13-2-1-5-20-13/h1-8H,(H,18,19)/b17-7-. The molecule has 2 heterocycles. The van der Waals surface area contributed by atoms with Crippen LogP contribution in [0.1, 0.15) is 5.56 Å². The van der Waals surface area contributed by atoms with Gasteiger partial charge in [0, 0.05) is 5.38 Å². The third-order valence-electron chi connectivity index (χ3n) is 2.60. The second-order valence-corrected chi connectivity index (χ2v) is 6.68. The number of hydrazone groups is 1. The fourth-order valence-corrected chi connectivity index (χ4v) is 3.34. The first kappa shape index (κ1) is 14.5. The van der Waals surface area contributed by atoms with E-state index in [-0.39, 0.29) is 0 Å². The van der Waals surface area contributed by atoms with E-state index in [1.165, 1.54) is 11.3 Å². The molecule has 7 heteroatoms. The van der Waals surface area contributed by atoms with Gasteiger partial charge in [-0.15, -0.1) is 22.7 Å². The smallest absolute Gasteiger partial charge is 0.203 e. The number of aromatic nitrogens is 1. The lowest BCUT2D eigenvalue weighted by Crippen LogP contribution is -1.90. The van der Waals surface area contributed by atoms with Gasteiger partial charge in [0.1, 0.15) is 0 Å². The third kappa shape index (κ3) is 3.63. The highest BCUT2D eigenvalue weighted by atomic mass is 35.5. The number of hydrogen-bond donors (Lipinski definition) is 1. The molecule has 1 aromatic carbocycles. The van der Waals surface area contributed by atoms with Crippen LogP contribution in [0.15, 0.2) is 46.2 Å². The summed E-state index contributed by atoms with van der Waals surface area (Å²) in [7, 11) is 0. The number of thiazole rings is 1. The first-order valence-electron chi connectivity index (χ1n) is 5.96. The zero-order valence-electron chi connectivity index (χ0n) is 10.6. The van der Waals surface area contributed by atoms with Gasteiger partial charge in [-0.25, -0.2) is 4.98 Å². The average Bonchev–Trinajstić information content (AvgIpc) is 3.13. The summed E-state index contributed by atoms with van der Waals surface area (Å²) in [6, 6.07) is 9.40. The molecule has 0 bridgehead atoms. The summed E-state index contributed by atoms with van der Waals surface area (Å²) in [5, 5.41) is 9.97. The van der Waals surface area contributed by atoms with Gasteiger partial charge in [-0.05, 0) is 29.1 Å². The summed E-state index contributed by atoms with van der Waals surface area (Å²) in [5.41, 5.74) is 4.74. The van der Waals surface area contributed by atoms with E-state index >= 15 is 0 Å². The highest BCUT2D eigenvalue weighted by Gasteiger charge is 2.04. The van der Waals surface area contributed by atoms with Crippen molar-refractivity contribution in [3.63, 3.8) is 0 Å². The number of rotatable bonds is 4. The van der Waals surface area contributed by atoms with Crippen LogP contribution in [-0.4, -0.2) is 11.2 Å². The van der Waals surface area contributed by atoms with E-state index in [1.54, 1.807) is 29.7 Å². The Morgan fingerprint density at radius 2 is 2.05 bits per heavy atom. The molecular formula is C14H9Cl2N3S2. The van der Waals surface area contributed by atoms with E-state index in [9.17, 15) is 0 Å². The summed E-state index contributed by atoms with van der Waals surface area (Å²) in [6.07, 6.45) is 1.68. The molecule has 0 aliphatic heterocycles.